The molecule has 6 nitrogen and oxygen atoms in total. The second kappa shape index (κ2) is 8.76. The lowest BCUT2D eigenvalue weighted by molar-refractivity contribution is -0.138. The topological polar surface area (TPSA) is 58.9 Å². The molecule has 188 valence electrons. The number of imidazole rings is 1. The number of benzene rings is 3. The first kappa shape index (κ1) is 23.3. The van der Waals surface area contributed by atoms with Gasteiger partial charge in [0.25, 0.3) is 0 Å². The molecule has 2 aromatic heterocycles. The van der Waals surface area contributed by atoms with E-state index in [1.165, 1.54) is 13.0 Å². The van der Waals surface area contributed by atoms with Crippen molar-refractivity contribution in [2.24, 2.45) is 0 Å². The molecular formula is C28H25F3N6. The highest BCUT2D eigenvalue weighted by molar-refractivity contribution is 5.93. The van der Waals surface area contributed by atoms with E-state index in [0.29, 0.717) is 17.9 Å². The minimum atomic E-state index is -4.40. The minimum Gasteiger partial charge on any atom is -0.362 e. The first-order chi connectivity index (χ1) is 17.8. The van der Waals surface area contributed by atoms with Gasteiger partial charge in [-0.2, -0.15) is 18.3 Å². The van der Waals surface area contributed by atoms with Gasteiger partial charge in [0.2, 0.25) is 0 Å². The zero-order chi connectivity index (χ0) is 25.7. The Labute approximate surface area is 211 Å². The van der Waals surface area contributed by atoms with E-state index in [1.807, 2.05) is 31.2 Å². The summed E-state index contributed by atoms with van der Waals surface area (Å²) in [7, 11) is 0. The Hall–Kier alpha value is -4.14. The molecule has 1 N–H and O–H groups in total. The highest BCUT2D eigenvalue weighted by Gasteiger charge is 2.33. The third-order valence-electron chi connectivity index (χ3n) is 7.17. The van der Waals surface area contributed by atoms with Crippen molar-refractivity contribution in [1.82, 2.24) is 19.7 Å². The minimum absolute atomic E-state index is 0.208. The predicted molar refractivity (Wildman–Crippen MR) is 139 cm³/mol. The van der Waals surface area contributed by atoms with Gasteiger partial charge in [-0.3, -0.25) is 0 Å². The third kappa shape index (κ3) is 4.14. The van der Waals surface area contributed by atoms with E-state index >= 15 is 0 Å². The third-order valence-corrected chi connectivity index (χ3v) is 7.17. The number of halogens is 3. The molecule has 0 fully saturated rings. The molecule has 5 aromatic rings. The van der Waals surface area contributed by atoms with Gasteiger partial charge in [0.1, 0.15) is 5.82 Å². The summed E-state index contributed by atoms with van der Waals surface area (Å²) in [6.07, 6.45) is -2.71. The molecule has 0 spiro atoms. The van der Waals surface area contributed by atoms with Crippen LogP contribution in [0.3, 0.4) is 0 Å². The summed E-state index contributed by atoms with van der Waals surface area (Å²) < 4.78 is 42.6. The Bertz CT molecular complexity index is 1620. The molecule has 0 aliphatic carbocycles. The quantitative estimate of drug-likeness (QED) is 0.304. The zero-order valence-electron chi connectivity index (χ0n) is 20.4. The first-order valence-corrected chi connectivity index (χ1v) is 12.2. The standard InChI is InChI=1S/C28H25F3N6/c1-17-21(6-5-7-23(17)28(29,30)31)18(2)33-27-22-14-20(11-10-19(22)15-32-35-27)36-12-13-37-25-9-4-3-8-24(25)34-26(37)16-36/h3-11,14-15,18H,12-13,16H2,1-2H3,(H,33,35)/t18-/m1/s1. The average molecular weight is 503 g/mol. The van der Waals surface area contributed by atoms with Gasteiger partial charge in [-0.05, 0) is 55.3 Å². The normalized spacial score (nSPS) is 14.7. The van der Waals surface area contributed by atoms with Gasteiger partial charge in [0, 0.05) is 29.5 Å². The van der Waals surface area contributed by atoms with Crippen molar-refractivity contribution in [3.05, 3.63) is 89.4 Å². The number of nitrogens with zero attached hydrogens (tertiary/aromatic N) is 5. The molecule has 1 aliphatic rings. The molecular weight excluding hydrogens is 477 g/mol. The number of anilines is 2. The van der Waals surface area contributed by atoms with Crippen LogP contribution in [0, 0.1) is 6.92 Å². The Morgan fingerprint density at radius 1 is 1.00 bits per heavy atom. The molecule has 3 aromatic carbocycles. The smallest absolute Gasteiger partial charge is 0.362 e. The SMILES string of the molecule is Cc1c([C@@H](C)Nc2nncc3ccc(N4CCn5c(nc6ccccc65)C4)cc23)cccc1C(F)(F)F. The number of nitrogens with one attached hydrogen (secondary N) is 1. The fourth-order valence-corrected chi connectivity index (χ4v) is 5.27. The average Bonchev–Trinajstić information content (AvgIpc) is 3.26. The van der Waals surface area contributed by atoms with Crippen LogP contribution < -0.4 is 10.2 Å². The largest absolute Gasteiger partial charge is 0.416 e. The fraction of sp³-hybridized carbons (Fsp3) is 0.250. The number of hydrogen-bond donors (Lipinski definition) is 1. The maximum Gasteiger partial charge on any atom is 0.416 e. The lowest BCUT2D eigenvalue weighted by Gasteiger charge is -2.30. The summed E-state index contributed by atoms with van der Waals surface area (Å²) in [6.45, 7) is 5.69. The van der Waals surface area contributed by atoms with E-state index in [0.717, 1.165) is 52.5 Å². The Kier molecular flexibility index (Phi) is 5.51. The van der Waals surface area contributed by atoms with Crippen molar-refractivity contribution in [1.29, 1.82) is 0 Å². The van der Waals surface area contributed by atoms with Crippen LogP contribution in [-0.4, -0.2) is 26.3 Å². The van der Waals surface area contributed by atoms with Crippen molar-refractivity contribution in [3.63, 3.8) is 0 Å². The zero-order valence-corrected chi connectivity index (χ0v) is 20.4. The molecule has 0 saturated heterocycles. The molecule has 1 aliphatic heterocycles. The molecule has 0 bridgehead atoms. The van der Waals surface area contributed by atoms with Crippen LogP contribution in [-0.2, 0) is 19.3 Å². The summed E-state index contributed by atoms with van der Waals surface area (Å²) >= 11 is 0. The summed E-state index contributed by atoms with van der Waals surface area (Å²) in [4.78, 5) is 7.10. The number of alkyl halides is 3. The van der Waals surface area contributed by atoms with Gasteiger partial charge in [-0.1, -0.05) is 30.3 Å². The van der Waals surface area contributed by atoms with Crippen LogP contribution >= 0.6 is 0 Å². The number of fused-ring (bicyclic) bond motifs is 4. The monoisotopic (exact) mass is 502 g/mol. The van der Waals surface area contributed by atoms with E-state index in [4.69, 9.17) is 4.98 Å². The Morgan fingerprint density at radius 3 is 2.68 bits per heavy atom. The van der Waals surface area contributed by atoms with Crippen LogP contribution in [0.4, 0.5) is 24.7 Å². The van der Waals surface area contributed by atoms with Gasteiger partial charge < -0.3 is 14.8 Å². The van der Waals surface area contributed by atoms with Crippen LogP contribution in [0.15, 0.2) is 66.9 Å². The molecule has 0 radical (unpaired) electrons. The van der Waals surface area contributed by atoms with E-state index in [2.05, 4.69) is 43.2 Å². The van der Waals surface area contributed by atoms with Gasteiger partial charge in [0.15, 0.2) is 5.82 Å². The first-order valence-electron chi connectivity index (χ1n) is 12.2. The molecule has 0 amide bonds. The van der Waals surface area contributed by atoms with Crippen LogP contribution in [0.25, 0.3) is 21.8 Å². The molecule has 0 saturated carbocycles. The predicted octanol–water partition coefficient (Wildman–Crippen LogP) is 6.50. The molecule has 1 atom stereocenters. The summed E-state index contributed by atoms with van der Waals surface area (Å²) in [5, 5.41) is 13.5. The second-order valence-corrected chi connectivity index (χ2v) is 9.44. The van der Waals surface area contributed by atoms with Crippen molar-refractivity contribution >= 4 is 33.3 Å². The van der Waals surface area contributed by atoms with Crippen LogP contribution in [0.2, 0.25) is 0 Å². The number of para-hydroxylation sites is 2. The van der Waals surface area contributed by atoms with E-state index in [9.17, 15) is 13.2 Å². The van der Waals surface area contributed by atoms with E-state index in [1.54, 1.807) is 12.3 Å². The van der Waals surface area contributed by atoms with Crippen molar-refractivity contribution in [2.75, 3.05) is 16.8 Å². The van der Waals surface area contributed by atoms with E-state index < -0.39 is 17.8 Å². The van der Waals surface area contributed by atoms with Crippen LogP contribution in [0.5, 0.6) is 0 Å². The lowest BCUT2D eigenvalue weighted by Crippen LogP contribution is -2.33. The lowest BCUT2D eigenvalue weighted by atomic mass is 9.97. The number of rotatable bonds is 4. The molecule has 0 unspecified atom stereocenters. The maximum atomic E-state index is 13.4. The number of aromatic nitrogens is 4. The van der Waals surface area contributed by atoms with Gasteiger partial charge >= 0.3 is 6.18 Å². The molecule has 9 heteroatoms. The summed E-state index contributed by atoms with van der Waals surface area (Å²) in [6, 6.07) is 18.2. The Balaban J connectivity index is 1.31. The molecule has 3 heterocycles. The van der Waals surface area contributed by atoms with E-state index in [-0.39, 0.29) is 5.56 Å². The molecule has 6 rings (SSSR count). The van der Waals surface area contributed by atoms with Crippen molar-refractivity contribution < 1.29 is 13.2 Å². The molecule has 37 heavy (non-hydrogen) atoms. The van der Waals surface area contributed by atoms with Gasteiger partial charge in [-0.15, -0.1) is 5.10 Å². The van der Waals surface area contributed by atoms with Gasteiger partial charge in [0.05, 0.1) is 35.4 Å². The van der Waals surface area contributed by atoms with Crippen molar-refractivity contribution in [2.45, 2.75) is 39.2 Å². The highest BCUT2D eigenvalue weighted by atomic mass is 19.4. The highest BCUT2D eigenvalue weighted by Crippen LogP contribution is 2.36. The number of hydrogen-bond acceptors (Lipinski definition) is 5. The Morgan fingerprint density at radius 2 is 1.84 bits per heavy atom. The maximum absolute atomic E-state index is 13.4. The van der Waals surface area contributed by atoms with Crippen molar-refractivity contribution in [3.8, 4) is 0 Å². The second-order valence-electron chi connectivity index (χ2n) is 9.44. The van der Waals surface area contributed by atoms with Crippen LogP contribution in [0.1, 0.15) is 35.5 Å². The van der Waals surface area contributed by atoms with Gasteiger partial charge in [-0.25, -0.2) is 4.98 Å². The summed E-state index contributed by atoms with van der Waals surface area (Å²) in [5.74, 6) is 1.56. The summed E-state index contributed by atoms with van der Waals surface area (Å²) in [5.41, 5.74) is 3.33. The fourth-order valence-electron chi connectivity index (χ4n) is 5.27.